The summed E-state index contributed by atoms with van der Waals surface area (Å²) in [4.78, 5) is 0. The van der Waals surface area contributed by atoms with Crippen LogP contribution in [-0.4, -0.2) is 10.7 Å². The molecule has 0 radical (unpaired) electrons. The second-order valence-corrected chi connectivity index (χ2v) is 5.62. The number of unbranched alkanes of at least 4 members (excludes halogenated alkanes) is 3. The molecule has 1 aliphatic rings. The van der Waals surface area contributed by atoms with Crippen molar-refractivity contribution in [2.75, 3.05) is 0 Å². The molecule has 112 valence electrons. The number of rotatable bonds is 7. The van der Waals surface area contributed by atoms with Gasteiger partial charge in [-0.15, -0.1) is 0 Å². The first-order valence-corrected chi connectivity index (χ1v) is 7.80. The van der Waals surface area contributed by atoms with Crippen molar-refractivity contribution in [3.63, 3.8) is 0 Å². The fourth-order valence-electron chi connectivity index (χ4n) is 2.39. The lowest BCUT2D eigenvalue weighted by Gasteiger charge is -2.25. The van der Waals surface area contributed by atoms with E-state index in [4.69, 9.17) is 0 Å². The van der Waals surface area contributed by atoms with Crippen molar-refractivity contribution >= 4 is 5.69 Å². The smallest absolute Gasteiger partial charge is 0.0866 e. The van der Waals surface area contributed by atoms with Gasteiger partial charge < -0.3 is 5.11 Å². The second-order valence-electron chi connectivity index (χ2n) is 5.62. The minimum atomic E-state index is -0.695. The summed E-state index contributed by atoms with van der Waals surface area (Å²) in [5.41, 5.74) is 0.962. The van der Waals surface area contributed by atoms with Gasteiger partial charge in [-0.2, -0.15) is 10.2 Å². The molecule has 0 fully saturated rings. The fourth-order valence-corrected chi connectivity index (χ4v) is 2.39. The second kappa shape index (κ2) is 7.89. The van der Waals surface area contributed by atoms with Crippen molar-refractivity contribution in [2.24, 2.45) is 10.2 Å². The molecule has 0 bridgehead atoms. The molecule has 3 nitrogen and oxygen atoms in total. The monoisotopic (exact) mass is 284 g/mol. The molecule has 0 aromatic heterocycles. The maximum absolute atomic E-state index is 10.5. The molecule has 1 atom stereocenters. The van der Waals surface area contributed by atoms with Crippen molar-refractivity contribution in [1.29, 1.82) is 0 Å². The third-order valence-electron chi connectivity index (χ3n) is 3.73. The van der Waals surface area contributed by atoms with Gasteiger partial charge in [0.2, 0.25) is 0 Å². The summed E-state index contributed by atoms with van der Waals surface area (Å²) in [5.74, 6) is 0. The van der Waals surface area contributed by atoms with Crippen molar-refractivity contribution < 1.29 is 5.11 Å². The van der Waals surface area contributed by atoms with Crippen LogP contribution in [0.3, 0.4) is 0 Å². The summed E-state index contributed by atoms with van der Waals surface area (Å²) < 4.78 is 0. The Morgan fingerprint density at radius 2 is 1.90 bits per heavy atom. The Morgan fingerprint density at radius 3 is 2.57 bits per heavy atom. The highest BCUT2D eigenvalue weighted by Crippen LogP contribution is 2.27. The first kappa shape index (κ1) is 15.6. The largest absolute Gasteiger partial charge is 0.385 e. The number of hydrogen-bond donors (Lipinski definition) is 1. The molecule has 1 unspecified atom stereocenters. The average molecular weight is 284 g/mol. The van der Waals surface area contributed by atoms with E-state index in [1.807, 2.05) is 48.6 Å². The van der Waals surface area contributed by atoms with Crippen LogP contribution in [0.25, 0.3) is 0 Å². The summed E-state index contributed by atoms with van der Waals surface area (Å²) in [5, 5.41) is 18.9. The van der Waals surface area contributed by atoms with Crippen LogP contribution in [0.15, 0.2) is 64.5 Å². The molecule has 1 N–H and O–H groups in total. The van der Waals surface area contributed by atoms with E-state index in [-0.39, 0.29) is 0 Å². The van der Waals surface area contributed by atoms with Gasteiger partial charge in [0, 0.05) is 6.42 Å². The summed E-state index contributed by atoms with van der Waals surface area (Å²) in [6.45, 7) is 2.20. The highest BCUT2D eigenvalue weighted by molar-refractivity contribution is 5.35. The molecule has 21 heavy (non-hydrogen) atoms. The van der Waals surface area contributed by atoms with Gasteiger partial charge in [0.25, 0.3) is 0 Å². The molecule has 1 aliphatic carbocycles. The van der Waals surface area contributed by atoms with E-state index in [0.717, 1.165) is 24.2 Å². The quantitative estimate of drug-likeness (QED) is 0.535. The highest BCUT2D eigenvalue weighted by atomic mass is 16.3. The Balaban J connectivity index is 1.84. The Morgan fingerprint density at radius 1 is 1.10 bits per heavy atom. The van der Waals surface area contributed by atoms with Gasteiger partial charge in [0.15, 0.2) is 0 Å². The number of azo groups is 1. The van der Waals surface area contributed by atoms with Crippen LogP contribution in [0, 0.1) is 0 Å². The maximum Gasteiger partial charge on any atom is 0.0866 e. The van der Waals surface area contributed by atoms with Gasteiger partial charge in [-0.1, -0.05) is 63.0 Å². The zero-order valence-corrected chi connectivity index (χ0v) is 12.7. The molecule has 2 rings (SSSR count). The summed E-state index contributed by atoms with van der Waals surface area (Å²) in [7, 11) is 0. The zero-order valence-electron chi connectivity index (χ0n) is 12.7. The van der Waals surface area contributed by atoms with Crippen LogP contribution in [0.1, 0.15) is 45.4 Å². The molecule has 1 aromatic carbocycles. The van der Waals surface area contributed by atoms with Gasteiger partial charge in [-0.25, -0.2) is 0 Å². The van der Waals surface area contributed by atoms with Crippen LogP contribution in [0.4, 0.5) is 5.69 Å². The Labute approximate surface area is 127 Å². The predicted molar refractivity (Wildman–Crippen MR) is 86.5 cm³/mol. The molecule has 0 spiro atoms. The maximum atomic E-state index is 10.5. The minimum absolute atomic E-state index is 0.624. The number of allylic oxidation sites excluding steroid dienone is 1. The van der Waals surface area contributed by atoms with Gasteiger partial charge >= 0.3 is 0 Å². The van der Waals surface area contributed by atoms with Crippen LogP contribution < -0.4 is 0 Å². The third kappa shape index (κ3) is 5.27. The average Bonchev–Trinajstić information content (AvgIpc) is 2.52. The number of hydrogen-bond acceptors (Lipinski definition) is 3. The Bertz CT molecular complexity index is 519. The van der Waals surface area contributed by atoms with E-state index in [9.17, 15) is 5.11 Å². The Kier molecular flexibility index (Phi) is 5.88. The van der Waals surface area contributed by atoms with Crippen molar-refractivity contribution in [1.82, 2.24) is 0 Å². The van der Waals surface area contributed by atoms with Gasteiger partial charge in [-0.3, -0.25) is 0 Å². The van der Waals surface area contributed by atoms with E-state index >= 15 is 0 Å². The first-order chi connectivity index (χ1) is 10.2. The first-order valence-electron chi connectivity index (χ1n) is 7.80. The molecule has 3 heteroatoms. The lowest BCUT2D eigenvalue weighted by Crippen LogP contribution is -2.26. The number of aliphatic hydroxyl groups is 1. The molecule has 0 saturated heterocycles. The van der Waals surface area contributed by atoms with E-state index in [1.165, 1.54) is 19.3 Å². The fraction of sp³-hybridized carbons (Fsp3) is 0.444. The lowest BCUT2D eigenvalue weighted by atomic mass is 9.89. The van der Waals surface area contributed by atoms with E-state index in [2.05, 4.69) is 17.2 Å². The van der Waals surface area contributed by atoms with Crippen molar-refractivity contribution in [3.05, 3.63) is 54.3 Å². The lowest BCUT2D eigenvalue weighted by molar-refractivity contribution is 0.0799. The standard InChI is InChI=1S/C18H24N2O/c1-2-3-4-8-13-18(21)14-11-17(12-15-18)20-19-16-9-6-5-7-10-16/h5-7,9-12,14,21H,2-4,8,13,15H2,1H3. The molecular formula is C18H24N2O. The van der Waals surface area contributed by atoms with E-state index in [1.54, 1.807) is 0 Å². The molecule has 0 saturated carbocycles. The Hall–Kier alpha value is -1.74. The molecule has 0 heterocycles. The van der Waals surface area contributed by atoms with Crippen molar-refractivity contribution in [2.45, 2.75) is 51.0 Å². The van der Waals surface area contributed by atoms with E-state index < -0.39 is 5.60 Å². The van der Waals surface area contributed by atoms with Gasteiger partial charge in [0.05, 0.1) is 17.0 Å². The molecule has 0 aliphatic heterocycles. The number of nitrogens with zero attached hydrogens (tertiary/aromatic N) is 2. The van der Waals surface area contributed by atoms with Crippen molar-refractivity contribution in [3.8, 4) is 0 Å². The molecular weight excluding hydrogens is 260 g/mol. The zero-order chi connectivity index (χ0) is 15.0. The SMILES string of the molecule is CCCCCCC1(O)C=CC(N=Nc2ccccc2)=CC1. The van der Waals surface area contributed by atoms with Gasteiger partial charge in [-0.05, 0) is 24.6 Å². The molecule has 0 amide bonds. The summed E-state index contributed by atoms with van der Waals surface area (Å²) in [6, 6.07) is 9.67. The van der Waals surface area contributed by atoms with Gasteiger partial charge in [0.1, 0.15) is 0 Å². The van der Waals surface area contributed by atoms with Crippen LogP contribution in [0.2, 0.25) is 0 Å². The normalized spacial score (nSPS) is 21.7. The van der Waals surface area contributed by atoms with Crippen LogP contribution in [0.5, 0.6) is 0 Å². The number of benzene rings is 1. The highest BCUT2D eigenvalue weighted by Gasteiger charge is 2.24. The van der Waals surface area contributed by atoms with Crippen LogP contribution >= 0.6 is 0 Å². The van der Waals surface area contributed by atoms with Crippen LogP contribution in [-0.2, 0) is 0 Å². The predicted octanol–water partition coefficient (Wildman–Crippen LogP) is 5.32. The minimum Gasteiger partial charge on any atom is -0.385 e. The summed E-state index contributed by atoms with van der Waals surface area (Å²) >= 11 is 0. The third-order valence-corrected chi connectivity index (χ3v) is 3.73. The molecule has 1 aromatic rings. The summed E-state index contributed by atoms with van der Waals surface area (Å²) in [6.07, 6.45) is 11.9. The topological polar surface area (TPSA) is 45.0 Å². The van der Waals surface area contributed by atoms with E-state index in [0.29, 0.717) is 6.42 Å².